The van der Waals surface area contributed by atoms with E-state index in [2.05, 4.69) is 44.2 Å². The molecule has 0 saturated heterocycles. The lowest BCUT2D eigenvalue weighted by Gasteiger charge is -2.36. The van der Waals surface area contributed by atoms with Crippen LogP contribution in [-0.4, -0.2) is 43.0 Å². The van der Waals surface area contributed by atoms with E-state index in [0.29, 0.717) is 0 Å². The van der Waals surface area contributed by atoms with Crippen LogP contribution < -0.4 is 14.6 Å². The maximum atomic E-state index is 13.8. The monoisotopic (exact) mass is 511 g/mol. The summed E-state index contributed by atoms with van der Waals surface area (Å²) in [6, 6.07) is 13.0. The van der Waals surface area contributed by atoms with Crippen molar-refractivity contribution in [1.29, 1.82) is 0 Å². The van der Waals surface area contributed by atoms with Gasteiger partial charge in [-0.25, -0.2) is 4.79 Å². The number of carbonyl (C=O) groups excluding carboxylic acids is 1. The molecule has 1 saturated carbocycles. The van der Waals surface area contributed by atoms with Gasteiger partial charge in [-0.3, -0.25) is 9.78 Å². The fraction of sp³-hybridized carbons (Fsp3) is 0.536. The highest BCUT2D eigenvalue weighted by Gasteiger charge is 2.47. The van der Waals surface area contributed by atoms with Crippen LogP contribution in [0, 0.1) is 11.8 Å². The van der Waals surface area contributed by atoms with Crippen LogP contribution in [0.3, 0.4) is 0 Å². The van der Waals surface area contributed by atoms with Crippen molar-refractivity contribution in [3.63, 3.8) is 0 Å². The number of rotatable bonds is 10. The topological polar surface area (TPSA) is 91.8 Å². The Bertz CT molecular complexity index is 1040. The van der Waals surface area contributed by atoms with Crippen LogP contribution in [0.4, 0.5) is 10.5 Å². The number of benzene rings is 1. The van der Waals surface area contributed by atoms with E-state index in [0.717, 1.165) is 30.0 Å². The van der Waals surface area contributed by atoms with Gasteiger partial charge < -0.3 is 19.7 Å². The molecule has 1 aromatic heterocycles. The fourth-order valence-electron chi connectivity index (χ4n) is 4.06. The van der Waals surface area contributed by atoms with E-state index >= 15 is 0 Å². The minimum Gasteiger partial charge on any atom is -0.544 e. The van der Waals surface area contributed by atoms with Crippen molar-refractivity contribution in [2.24, 2.45) is 11.8 Å². The average molecular weight is 512 g/mol. The Balaban J connectivity index is 1.87. The number of carbonyl (C=O) groups is 2. The van der Waals surface area contributed by atoms with Gasteiger partial charge in [0, 0.05) is 36.0 Å². The lowest BCUT2D eigenvalue weighted by atomic mass is 9.98. The highest BCUT2D eigenvalue weighted by atomic mass is 28.4. The van der Waals surface area contributed by atoms with Crippen LogP contribution >= 0.6 is 0 Å². The van der Waals surface area contributed by atoms with Gasteiger partial charge in [0.05, 0.1) is 6.04 Å². The zero-order valence-electron chi connectivity index (χ0n) is 22.6. The van der Waals surface area contributed by atoms with Crippen LogP contribution in [-0.2, 0) is 4.79 Å². The predicted molar refractivity (Wildman–Crippen MR) is 146 cm³/mol. The molecule has 1 aliphatic carbocycles. The molecule has 2 N–H and O–H groups in total. The van der Waals surface area contributed by atoms with Crippen LogP contribution in [0.25, 0.3) is 0 Å². The van der Waals surface area contributed by atoms with Crippen LogP contribution in [0.15, 0.2) is 48.7 Å². The first kappa shape index (κ1) is 27.7. The van der Waals surface area contributed by atoms with Gasteiger partial charge in [-0.05, 0) is 66.9 Å². The molecule has 0 aliphatic heterocycles. The number of aromatic nitrogens is 1. The summed E-state index contributed by atoms with van der Waals surface area (Å²) in [6.45, 7) is 15.3. The van der Waals surface area contributed by atoms with Crippen molar-refractivity contribution in [1.82, 2.24) is 10.3 Å². The molecule has 0 unspecified atom stereocenters. The molecular weight excluding hydrogens is 470 g/mol. The summed E-state index contributed by atoms with van der Waals surface area (Å²) >= 11 is 0. The van der Waals surface area contributed by atoms with E-state index in [4.69, 9.17) is 4.43 Å². The number of hydrogen-bond acceptors (Lipinski definition) is 4. The Labute approximate surface area is 216 Å². The molecule has 1 aromatic carbocycles. The highest BCUT2D eigenvalue weighted by Crippen LogP contribution is 2.48. The van der Waals surface area contributed by atoms with Crippen LogP contribution in [0.5, 0.6) is 5.75 Å². The molecule has 1 heterocycles. The van der Waals surface area contributed by atoms with Crippen molar-refractivity contribution < 1.29 is 19.1 Å². The third-order valence-electron chi connectivity index (χ3n) is 7.79. The van der Waals surface area contributed by atoms with Crippen LogP contribution in [0.2, 0.25) is 18.1 Å². The lowest BCUT2D eigenvalue weighted by Crippen LogP contribution is -2.49. The Morgan fingerprint density at radius 3 is 2.39 bits per heavy atom. The standard InChI is InChI=1S/C28H41N3O4Si/c1-8-19(2)25(30-27(33)34)18-31(26(32)23-17-22(23)24-11-9-10-16-29-24)20-12-14-21(15-13-20)35-36(6,7)28(3,4)5/h9-16,19,22-23,25,30H,8,17-18H2,1-7H3,(H,33,34)/t19-,22+,23+,25+/m0/s1. The fourth-order valence-corrected chi connectivity index (χ4v) is 5.09. The third-order valence-corrected chi connectivity index (χ3v) is 12.1. The normalized spacial score (nSPS) is 19.2. The summed E-state index contributed by atoms with van der Waals surface area (Å²) in [7, 11) is -1.99. The number of anilines is 1. The van der Waals surface area contributed by atoms with Crippen molar-refractivity contribution in [2.75, 3.05) is 11.4 Å². The molecule has 0 radical (unpaired) electrons. The van der Waals surface area contributed by atoms with Gasteiger partial charge in [0.25, 0.3) is 0 Å². The molecule has 1 aliphatic rings. The lowest BCUT2D eigenvalue weighted by molar-refractivity contribution is -0.120. The molecule has 2 amide bonds. The number of carboxylic acid groups (broad SMARTS) is 1. The maximum Gasteiger partial charge on any atom is 0.404 e. The van der Waals surface area contributed by atoms with E-state index in [1.807, 2.05) is 56.3 Å². The van der Waals surface area contributed by atoms with E-state index in [9.17, 15) is 14.7 Å². The molecule has 7 nitrogen and oxygen atoms in total. The summed E-state index contributed by atoms with van der Waals surface area (Å²) < 4.78 is 6.42. The second-order valence-corrected chi connectivity index (χ2v) is 16.2. The first-order valence-corrected chi connectivity index (χ1v) is 15.8. The summed E-state index contributed by atoms with van der Waals surface area (Å²) in [5, 5.41) is 12.2. The van der Waals surface area contributed by atoms with Gasteiger partial charge >= 0.3 is 6.09 Å². The SMILES string of the molecule is CC[C@H](C)[C@@H](CN(C(=O)[C@@H]1C[C@H]1c1ccccn1)c1ccc(O[Si](C)(C)C(C)(C)C)cc1)NC(=O)O. The predicted octanol–water partition coefficient (Wildman–Crippen LogP) is 6.28. The minimum absolute atomic E-state index is 0.00390. The van der Waals surface area contributed by atoms with E-state index in [1.54, 1.807) is 11.1 Å². The Morgan fingerprint density at radius 2 is 1.86 bits per heavy atom. The first-order valence-electron chi connectivity index (χ1n) is 12.8. The summed E-state index contributed by atoms with van der Waals surface area (Å²) in [5.74, 6) is 0.799. The first-order chi connectivity index (χ1) is 16.8. The molecule has 2 aromatic rings. The zero-order chi connectivity index (χ0) is 26.7. The van der Waals surface area contributed by atoms with E-state index in [1.165, 1.54) is 0 Å². The molecule has 196 valence electrons. The maximum absolute atomic E-state index is 13.8. The zero-order valence-corrected chi connectivity index (χ0v) is 23.6. The Hall–Kier alpha value is -2.87. The summed E-state index contributed by atoms with van der Waals surface area (Å²) in [4.78, 5) is 31.5. The molecule has 0 bridgehead atoms. The minimum atomic E-state index is -1.99. The van der Waals surface area contributed by atoms with Crippen molar-refractivity contribution in [3.8, 4) is 5.75 Å². The van der Waals surface area contributed by atoms with Crippen molar-refractivity contribution >= 4 is 26.0 Å². The number of pyridine rings is 1. The van der Waals surface area contributed by atoms with Gasteiger partial charge in [-0.15, -0.1) is 0 Å². The Kier molecular flexibility index (Phi) is 8.49. The second kappa shape index (κ2) is 11.0. The van der Waals surface area contributed by atoms with Gasteiger partial charge in [0.1, 0.15) is 5.75 Å². The second-order valence-electron chi connectivity index (χ2n) is 11.4. The van der Waals surface area contributed by atoms with E-state index in [-0.39, 0.29) is 41.3 Å². The third kappa shape index (κ3) is 6.66. The largest absolute Gasteiger partial charge is 0.544 e. The molecular formula is C28H41N3O4Si. The number of nitrogens with one attached hydrogen (secondary N) is 1. The quantitative estimate of drug-likeness (QED) is 0.366. The number of amides is 2. The smallest absolute Gasteiger partial charge is 0.404 e. The molecule has 36 heavy (non-hydrogen) atoms. The molecule has 3 rings (SSSR count). The summed E-state index contributed by atoms with van der Waals surface area (Å²) in [5.41, 5.74) is 1.67. The number of nitrogens with zero attached hydrogens (tertiary/aromatic N) is 2. The van der Waals surface area contributed by atoms with E-state index < -0.39 is 14.4 Å². The molecule has 8 heteroatoms. The number of hydrogen-bond donors (Lipinski definition) is 2. The van der Waals surface area contributed by atoms with Gasteiger partial charge in [-0.2, -0.15) is 0 Å². The van der Waals surface area contributed by atoms with Crippen LogP contribution in [0.1, 0.15) is 59.1 Å². The van der Waals surface area contributed by atoms with Gasteiger partial charge in [0.15, 0.2) is 0 Å². The highest BCUT2D eigenvalue weighted by molar-refractivity contribution is 6.74. The average Bonchev–Trinajstić information content (AvgIpc) is 3.62. The summed E-state index contributed by atoms with van der Waals surface area (Å²) in [6.07, 6.45) is 2.22. The Morgan fingerprint density at radius 1 is 1.19 bits per heavy atom. The van der Waals surface area contributed by atoms with Gasteiger partial charge in [-0.1, -0.05) is 47.1 Å². The molecule has 0 spiro atoms. The van der Waals surface area contributed by atoms with Crippen molar-refractivity contribution in [3.05, 3.63) is 54.4 Å². The molecule has 1 fully saturated rings. The molecule has 4 atom stereocenters. The van der Waals surface area contributed by atoms with Gasteiger partial charge in [0.2, 0.25) is 14.2 Å². The van der Waals surface area contributed by atoms with Crippen molar-refractivity contribution in [2.45, 2.75) is 77.6 Å².